The minimum Gasteiger partial charge on any atom is -0.350 e. The number of rotatable bonds is 4. The molecule has 2 aromatic rings. The van der Waals surface area contributed by atoms with Crippen molar-refractivity contribution in [3.63, 3.8) is 0 Å². The van der Waals surface area contributed by atoms with Gasteiger partial charge < -0.3 is 9.88 Å². The number of amides is 1. The lowest BCUT2D eigenvalue weighted by Gasteiger charge is -2.25. The molecule has 124 valence electrons. The van der Waals surface area contributed by atoms with Gasteiger partial charge in [0.2, 0.25) is 0 Å². The van der Waals surface area contributed by atoms with E-state index in [0.29, 0.717) is 23.7 Å². The molecule has 2 aromatic heterocycles. The third-order valence-corrected chi connectivity index (χ3v) is 4.69. The van der Waals surface area contributed by atoms with Crippen molar-refractivity contribution in [3.05, 3.63) is 53.6 Å². The number of carbonyl (C=O) groups excluding carboxylic acids is 1. The molecule has 1 fully saturated rings. The number of hydrogen-bond acceptors (Lipinski definition) is 4. The summed E-state index contributed by atoms with van der Waals surface area (Å²) >= 11 is 0. The van der Waals surface area contributed by atoms with Gasteiger partial charge in [0.1, 0.15) is 11.8 Å². The van der Waals surface area contributed by atoms with Crippen molar-refractivity contribution < 1.29 is 4.79 Å². The predicted octanol–water partition coefficient (Wildman–Crippen LogP) is 1.71. The van der Waals surface area contributed by atoms with Crippen LogP contribution in [0.5, 0.6) is 0 Å². The van der Waals surface area contributed by atoms with Gasteiger partial charge >= 0.3 is 0 Å². The number of aromatic nitrogens is 2. The van der Waals surface area contributed by atoms with Crippen LogP contribution < -0.4 is 5.32 Å². The minimum absolute atomic E-state index is 0.140. The maximum Gasteiger partial charge on any atom is 0.267 e. The van der Waals surface area contributed by atoms with Gasteiger partial charge in [-0.15, -0.1) is 0 Å². The standard InChI is InChI=1S/C18H21N5O/c1-22-7-5-15(17(22)14-4-3-6-20-10-14)11-21-18(24)16-8-13(9-19)12-23(16)2/h3-4,6,8,10,12,15,17H,5,7,11H2,1-2H3,(H,21,24)/t15-,17-/m0/s1. The Labute approximate surface area is 141 Å². The molecule has 0 unspecified atom stereocenters. The van der Waals surface area contributed by atoms with E-state index in [9.17, 15) is 4.79 Å². The highest BCUT2D eigenvalue weighted by atomic mass is 16.1. The van der Waals surface area contributed by atoms with Gasteiger partial charge in [-0.25, -0.2) is 0 Å². The Hall–Kier alpha value is -2.65. The van der Waals surface area contributed by atoms with Crippen molar-refractivity contribution in [2.75, 3.05) is 20.1 Å². The van der Waals surface area contributed by atoms with Gasteiger partial charge in [-0.05, 0) is 43.6 Å². The average Bonchev–Trinajstić information content (AvgIpc) is 3.16. The highest BCUT2D eigenvalue weighted by Crippen LogP contribution is 2.35. The third kappa shape index (κ3) is 3.17. The molecule has 0 radical (unpaired) electrons. The van der Waals surface area contributed by atoms with E-state index in [1.165, 1.54) is 5.56 Å². The zero-order valence-electron chi connectivity index (χ0n) is 13.9. The number of nitrogens with one attached hydrogen (secondary N) is 1. The quantitative estimate of drug-likeness (QED) is 0.929. The third-order valence-electron chi connectivity index (χ3n) is 4.69. The molecule has 0 saturated carbocycles. The van der Waals surface area contributed by atoms with E-state index in [-0.39, 0.29) is 11.9 Å². The molecular formula is C18H21N5O. The second kappa shape index (κ2) is 6.85. The molecule has 6 heteroatoms. The topological polar surface area (TPSA) is 74.0 Å². The minimum atomic E-state index is -0.140. The summed E-state index contributed by atoms with van der Waals surface area (Å²) in [5.74, 6) is 0.206. The van der Waals surface area contributed by atoms with Gasteiger partial charge in [-0.2, -0.15) is 5.26 Å². The average molecular weight is 323 g/mol. The highest BCUT2D eigenvalue weighted by Gasteiger charge is 2.33. The molecule has 1 amide bonds. The fourth-order valence-electron chi connectivity index (χ4n) is 3.48. The number of aryl methyl sites for hydroxylation is 1. The van der Waals surface area contributed by atoms with Crippen molar-refractivity contribution in [2.24, 2.45) is 13.0 Å². The van der Waals surface area contributed by atoms with Crippen LogP contribution in [0, 0.1) is 17.2 Å². The van der Waals surface area contributed by atoms with E-state index in [1.807, 2.05) is 12.3 Å². The van der Waals surface area contributed by atoms with Crippen LogP contribution in [0.3, 0.4) is 0 Å². The molecule has 2 atom stereocenters. The molecule has 1 aliphatic rings. The zero-order chi connectivity index (χ0) is 17.1. The Balaban J connectivity index is 1.68. The number of nitrogens with zero attached hydrogens (tertiary/aromatic N) is 4. The summed E-state index contributed by atoms with van der Waals surface area (Å²) in [6, 6.07) is 7.98. The van der Waals surface area contributed by atoms with Crippen LogP contribution in [-0.2, 0) is 7.05 Å². The Morgan fingerprint density at radius 1 is 1.50 bits per heavy atom. The van der Waals surface area contributed by atoms with Gasteiger partial charge in [0.25, 0.3) is 5.91 Å². The Morgan fingerprint density at radius 2 is 2.33 bits per heavy atom. The Morgan fingerprint density at radius 3 is 3.00 bits per heavy atom. The summed E-state index contributed by atoms with van der Waals surface area (Å²) in [5, 5.41) is 12.0. The van der Waals surface area contributed by atoms with Crippen molar-refractivity contribution in [1.29, 1.82) is 5.26 Å². The smallest absolute Gasteiger partial charge is 0.267 e. The lowest BCUT2D eigenvalue weighted by atomic mass is 9.95. The molecule has 3 heterocycles. The normalized spacial score (nSPS) is 20.7. The summed E-state index contributed by atoms with van der Waals surface area (Å²) < 4.78 is 1.69. The van der Waals surface area contributed by atoms with Crippen LogP contribution in [0.2, 0.25) is 0 Å². The van der Waals surface area contributed by atoms with Crippen LogP contribution in [0.25, 0.3) is 0 Å². The molecular weight excluding hydrogens is 302 g/mol. The first-order valence-corrected chi connectivity index (χ1v) is 8.05. The molecule has 6 nitrogen and oxygen atoms in total. The zero-order valence-corrected chi connectivity index (χ0v) is 13.9. The molecule has 3 rings (SSSR count). The number of hydrogen-bond donors (Lipinski definition) is 1. The first kappa shape index (κ1) is 16.2. The van der Waals surface area contributed by atoms with Crippen molar-refractivity contribution in [2.45, 2.75) is 12.5 Å². The molecule has 1 aliphatic heterocycles. The van der Waals surface area contributed by atoms with Gasteiger partial charge in [-0.1, -0.05) is 6.07 Å². The number of carbonyl (C=O) groups is 1. The van der Waals surface area contributed by atoms with Crippen LogP contribution in [0.4, 0.5) is 0 Å². The summed E-state index contributed by atoms with van der Waals surface area (Å²) in [6.07, 6.45) is 6.37. The van der Waals surface area contributed by atoms with Crippen molar-refractivity contribution in [1.82, 2.24) is 19.8 Å². The maximum absolute atomic E-state index is 12.4. The number of likely N-dealkylation sites (tertiary alicyclic amines) is 1. The van der Waals surface area contributed by atoms with Crippen molar-refractivity contribution >= 4 is 5.91 Å². The molecule has 0 spiro atoms. The monoisotopic (exact) mass is 323 g/mol. The largest absolute Gasteiger partial charge is 0.350 e. The van der Waals surface area contributed by atoms with Crippen LogP contribution in [-0.4, -0.2) is 40.5 Å². The van der Waals surface area contributed by atoms with Gasteiger partial charge in [0.15, 0.2) is 0 Å². The van der Waals surface area contributed by atoms with Crippen LogP contribution >= 0.6 is 0 Å². The molecule has 1 saturated heterocycles. The summed E-state index contributed by atoms with van der Waals surface area (Å²) in [5.41, 5.74) is 2.19. The fourth-order valence-corrected chi connectivity index (χ4v) is 3.48. The summed E-state index contributed by atoms with van der Waals surface area (Å²) in [6.45, 7) is 1.61. The van der Waals surface area contributed by atoms with Crippen LogP contribution in [0.15, 0.2) is 36.8 Å². The van der Waals surface area contributed by atoms with Gasteiger partial charge in [0, 0.05) is 38.2 Å². The van der Waals surface area contributed by atoms with Gasteiger partial charge in [-0.3, -0.25) is 14.7 Å². The van der Waals surface area contributed by atoms with E-state index in [0.717, 1.165) is 13.0 Å². The highest BCUT2D eigenvalue weighted by molar-refractivity contribution is 5.93. The van der Waals surface area contributed by atoms with E-state index in [1.54, 1.807) is 30.1 Å². The molecule has 0 aromatic carbocycles. The van der Waals surface area contributed by atoms with E-state index in [4.69, 9.17) is 5.26 Å². The first-order valence-electron chi connectivity index (χ1n) is 8.05. The predicted molar refractivity (Wildman–Crippen MR) is 90.2 cm³/mol. The fraction of sp³-hybridized carbons (Fsp3) is 0.389. The van der Waals surface area contributed by atoms with E-state index >= 15 is 0 Å². The van der Waals surface area contributed by atoms with Gasteiger partial charge in [0.05, 0.1) is 5.56 Å². The SMILES string of the molecule is CN1CC[C@@H](CNC(=O)c2cc(C#N)cn2C)[C@@H]1c1cccnc1. The second-order valence-electron chi connectivity index (χ2n) is 6.31. The number of nitriles is 1. The summed E-state index contributed by atoms with van der Waals surface area (Å²) in [7, 11) is 3.88. The molecule has 24 heavy (non-hydrogen) atoms. The van der Waals surface area contributed by atoms with E-state index in [2.05, 4.69) is 34.4 Å². The van der Waals surface area contributed by atoms with Crippen molar-refractivity contribution in [3.8, 4) is 6.07 Å². The Kier molecular flexibility index (Phi) is 4.63. The number of pyridine rings is 1. The van der Waals surface area contributed by atoms with E-state index < -0.39 is 0 Å². The molecule has 0 aliphatic carbocycles. The second-order valence-corrected chi connectivity index (χ2v) is 6.31. The Bertz CT molecular complexity index is 761. The lowest BCUT2D eigenvalue weighted by Crippen LogP contribution is -2.33. The molecule has 0 bridgehead atoms. The first-order chi connectivity index (χ1) is 11.6. The lowest BCUT2D eigenvalue weighted by molar-refractivity contribution is 0.0935. The molecule has 1 N–H and O–H groups in total. The summed E-state index contributed by atoms with van der Waals surface area (Å²) in [4.78, 5) is 18.9. The maximum atomic E-state index is 12.4. The van der Waals surface area contributed by atoms with Crippen LogP contribution in [0.1, 0.15) is 34.1 Å².